The minimum absolute atomic E-state index is 0.153. The van der Waals surface area contributed by atoms with Crippen LogP contribution in [0.3, 0.4) is 0 Å². The number of sulfonamides is 1. The molecule has 1 aromatic carbocycles. The summed E-state index contributed by atoms with van der Waals surface area (Å²) in [6.45, 7) is 5.13. The van der Waals surface area contributed by atoms with Gasteiger partial charge in [-0.1, -0.05) is 26.0 Å². The number of hydrogen-bond donors (Lipinski definition) is 2. The molecule has 0 radical (unpaired) electrons. The first-order valence-corrected chi connectivity index (χ1v) is 8.30. The van der Waals surface area contributed by atoms with Crippen LogP contribution in [0, 0.1) is 0 Å². The molecular weight excluding hydrogens is 260 g/mol. The highest BCUT2D eigenvalue weighted by molar-refractivity contribution is 7.89. The van der Waals surface area contributed by atoms with Gasteiger partial charge in [0.25, 0.3) is 0 Å². The second kappa shape index (κ2) is 6.03. The molecule has 106 valence electrons. The summed E-state index contributed by atoms with van der Waals surface area (Å²) in [6.07, 6.45) is 2.82. The van der Waals surface area contributed by atoms with Crippen molar-refractivity contribution in [2.75, 3.05) is 6.54 Å². The van der Waals surface area contributed by atoms with Crippen molar-refractivity contribution in [1.82, 2.24) is 10.0 Å². The summed E-state index contributed by atoms with van der Waals surface area (Å²) in [7, 11) is -3.31. The van der Waals surface area contributed by atoms with E-state index < -0.39 is 10.0 Å². The Labute approximate surface area is 115 Å². The summed E-state index contributed by atoms with van der Waals surface area (Å²) in [5.41, 5.74) is 1.15. The normalized spacial score (nSPS) is 15.9. The van der Waals surface area contributed by atoms with Crippen molar-refractivity contribution in [1.29, 1.82) is 0 Å². The second-order valence-electron chi connectivity index (χ2n) is 5.40. The van der Waals surface area contributed by atoms with E-state index >= 15 is 0 Å². The first-order chi connectivity index (χ1) is 8.97. The third kappa shape index (κ3) is 4.60. The number of rotatable bonds is 7. The Morgan fingerprint density at radius 3 is 2.37 bits per heavy atom. The molecular formula is C14H22N2O2S. The van der Waals surface area contributed by atoms with Crippen LogP contribution in [-0.2, 0) is 16.4 Å². The molecule has 0 aromatic heterocycles. The lowest BCUT2D eigenvalue weighted by atomic mass is 10.1. The average Bonchev–Trinajstić information content (AvgIpc) is 3.12. The molecule has 0 unspecified atom stereocenters. The highest BCUT2D eigenvalue weighted by atomic mass is 32.2. The molecule has 1 aliphatic rings. The van der Waals surface area contributed by atoms with Gasteiger partial charge in [-0.25, -0.2) is 13.1 Å². The summed E-state index contributed by atoms with van der Waals surface area (Å²) >= 11 is 0. The van der Waals surface area contributed by atoms with Crippen molar-refractivity contribution in [3.8, 4) is 0 Å². The summed E-state index contributed by atoms with van der Waals surface area (Å²) in [6, 6.07) is 7.79. The fourth-order valence-corrected chi connectivity index (χ4v) is 3.13. The first-order valence-electron chi connectivity index (χ1n) is 6.82. The minimum Gasteiger partial charge on any atom is -0.314 e. The highest BCUT2D eigenvalue weighted by Gasteiger charge is 2.27. The van der Waals surface area contributed by atoms with Crippen molar-refractivity contribution in [2.45, 2.75) is 50.1 Å². The Hall–Kier alpha value is -0.910. The van der Waals surface area contributed by atoms with Gasteiger partial charge in [0.2, 0.25) is 10.0 Å². The molecule has 1 aliphatic carbocycles. The van der Waals surface area contributed by atoms with E-state index in [0.29, 0.717) is 10.9 Å². The van der Waals surface area contributed by atoms with Gasteiger partial charge in [0.05, 0.1) is 4.90 Å². The van der Waals surface area contributed by atoms with Crippen LogP contribution in [0.15, 0.2) is 29.2 Å². The third-order valence-electron chi connectivity index (χ3n) is 3.10. The maximum absolute atomic E-state index is 12.0. The van der Waals surface area contributed by atoms with Gasteiger partial charge < -0.3 is 5.32 Å². The summed E-state index contributed by atoms with van der Waals surface area (Å²) in [5.74, 6) is 0. The molecule has 0 saturated heterocycles. The summed E-state index contributed by atoms with van der Waals surface area (Å²) in [4.78, 5) is 0.361. The van der Waals surface area contributed by atoms with Gasteiger partial charge >= 0.3 is 0 Å². The summed E-state index contributed by atoms with van der Waals surface area (Å²) in [5, 5.41) is 3.34. The van der Waals surface area contributed by atoms with Crippen molar-refractivity contribution in [2.24, 2.45) is 0 Å². The molecule has 1 aromatic rings. The quantitative estimate of drug-likeness (QED) is 0.800. The maximum atomic E-state index is 12.0. The molecule has 0 amide bonds. The fourth-order valence-electron chi connectivity index (χ4n) is 1.83. The molecule has 19 heavy (non-hydrogen) atoms. The Balaban J connectivity index is 1.93. The summed E-state index contributed by atoms with van der Waals surface area (Å²) < 4.78 is 26.6. The van der Waals surface area contributed by atoms with E-state index in [1.807, 2.05) is 12.1 Å². The van der Waals surface area contributed by atoms with E-state index in [9.17, 15) is 8.42 Å². The van der Waals surface area contributed by atoms with Crippen LogP contribution in [0.4, 0.5) is 0 Å². The van der Waals surface area contributed by atoms with Crippen molar-refractivity contribution < 1.29 is 8.42 Å². The molecule has 5 heteroatoms. The largest absolute Gasteiger partial charge is 0.314 e. The van der Waals surface area contributed by atoms with E-state index in [2.05, 4.69) is 23.9 Å². The Bertz CT molecular complexity index is 505. The second-order valence-corrected chi connectivity index (χ2v) is 7.11. The van der Waals surface area contributed by atoms with Crippen LogP contribution < -0.4 is 10.0 Å². The van der Waals surface area contributed by atoms with Crippen LogP contribution in [0.25, 0.3) is 0 Å². The Morgan fingerprint density at radius 1 is 1.21 bits per heavy atom. The third-order valence-corrected chi connectivity index (χ3v) is 4.64. The van der Waals surface area contributed by atoms with Gasteiger partial charge in [-0.3, -0.25) is 0 Å². The lowest BCUT2D eigenvalue weighted by molar-refractivity contribution is 0.581. The number of benzene rings is 1. The lowest BCUT2D eigenvalue weighted by Gasteiger charge is -2.09. The zero-order valence-electron chi connectivity index (χ0n) is 11.5. The molecule has 0 atom stereocenters. The Kier molecular flexibility index (Phi) is 4.60. The van der Waals surface area contributed by atoms with E-state index in [1.54, 1.807) is 12.1 Å². The SMILES string of the molecule is CC(C)NCCc1ccc(S(=O)(=O)NC2CC2)cc1. The van der Waals surface area contributed by atoms with Crippen LogP contribution in [-0.4, -0.2) is 27.0 Å². The van der Waals surface area contributed by atoms with Crippen LogP contribution in [0.5, 0.6) is 0 Å². The zero-order valence-corrected chi connectivity index (χ0v) is 12.3. The maximum Gasteiger partial charge on any atom is 0.240 e. The number of nitrogens with one attached hydrogen (secondary N) is 2. The molecule has 0 aliphatic heterocycles. The van der Waals surface area contributed by atoms with Crippen LogP contribution in [0.2, 0.25) is 0 Å². The standard InChI is InChI=1S/C14H22N2O2S/c1-11(2)15-10-9-12-3-7-14(8-4-12)19(17,18)16-13-5-6-13/h3-4,7-8,11,13,15-16H,5-6,9-10H2,1-2H3. The monoisotopic (exact) mass is 282 g/mol. The van der Waals surface area contributed by atoms with Crippen LogP contribution >= 0.6 is 0 Å². The topological polar surface area (TPSA) is 58.2 Å². The fraction of sp³-hybridized carbons (Fsp3) is 0.571. The predicted octanol–water partition coefficient (Wildman–Crippen LogP) is 1.67. The van der Waals surface area contributed by atoms with Crippen molar-refractivity contribution in [3.63, 3.8) is 0 Å². The van der Waals surface area contributed by atoms with Gasteiger partial charge in [-0.05, 0) is 43.5 Å². The van der Waals surface area contributed by atoms with Gasteiger partial charge in [-0.2, -0.15) is 0 Å². The van der Waals surface area contributed by atoms with Crippen molar-refractivity contribution >= 4 is 10.0 Å². The molecule has 2 rings (SSSR count). The molecule has 1 fully saturated rings. The molecule has 0 spiro atoms. The van der Waals surface area contributed by atoms with Gasteiger partial charge in [-0.15, -0.1) is 0 Å². The molecule has 0 heterocycles. The van der Waals surface area contributed by atoms with E-state index in [0.717, 1.165) is 31.4 Å². The average molecular weight is 282 g/mol. The highest BCUT2D eigenvalue weighted by Crippen LogP contribution is 2.22. The van der Waals surface area contributed by atoms with Crippen LogP contribution in [0.1, 0.15) is 32.3 Å². The van der Waals surface area contributed by atoms with Gasteiger partial charge in [0.15, 0.2) is 0 Å². The molecule has 4 nitrogen and oxygen atoms in total. The first kappa shape index (κ1) is 14.5. The van der Waals surface area contributed by atoms with E-state index in [4.69, 9.17) is 0 Å². The van der Waals surface area contributed by atoms with E-state index in [1.165, 1.54) is 0 Å². The minimum atomic E-state index is -3.31. The molecule has 0 bridgehead atoms. The van der Waals surface area contributed by atoms with Gasteiger partial charge in [0, 0.05) is 12.1 Å². The van der Waals surface area contributed by atoms with E-state index in [-0.39, 0.29) is 6.04 Å². The smallest absolute Gasteiger partial charge is 0.240 e. The molecule has 1 saturated carbocycles. The lowest BCUT2D eigenvalue weighted by Crippen LogP contribution is -2.26. The predicted molar refractivity (Wildman–Crippen MR) is 76.6 cm³/mol. The van der Waals surface area contributed by atoms with Gasteiger partial charge in [0.1, 0.15) is 0 Å². The number of hydrogen-bond acceptors (Lipinski definition) is 3. The molecule has 2 N–H and O–H groups in total. The zero-order chi connectivity index (χ0) is 13.9. The van der Waals surface area contributed by atoms with Crippen molar-refractivity contribution in [3.05, 3.63) is 29.8 Å². The Morgan fingerprint density at radius 2 is 1.84 bits per heavy atom.